The molecule has 0 radical (unpaired) electrons. The summed E-state index contributed by atoms with van der Waals surface area (Å²) in [4.78, 5) is 15.2. The largest absolute Gasteiger partial charge is 0.478 e. The van der Waals surface area contributed by atoms with E-state index in [0.29, 0.717) is 26.0 Å². The lowest BCUT2D eigenvalue weighted by Gasteiger charge is -2.07. The van der Waals surface area contributed by atoms with Crippen molar-refractivity contribution in [3.8, 4) is 17.1 Å². The van der Waals surface area contributed by atoms with Crippen LogP contribution in [0.25, 0.3) is 17.1 Å². The molecule has 0 unspecified atom stereocenters. The molecule has 1 heterocycles. The van der Waals surface area contributed by atoms with E-state index < -0.39 is 27.4 Å². The average Bonchev–Trinajstić information content (AvgIpc) is 3.11. The third kappa shape index (κ3) is 3.31. The van der Waals surface area contributed by atoms with E-state index in [9.17, 15) is 13.1 Å². The number of aromatic carboxylic acids is 1. The quantitative estimate of drug-likeness (QED) is 0.358. The lowest BCUT2D eigenvalue weighted by atomic mass is 10.1. The molecule has 0 saturated heterocycles. The van der Waals surface area contributed by atoms with Gasteiger partial charge in [0.2, 0.25) is 0 Å². The average molecular weight is 438 g/mol. The maximum Gasteiger partial charge on any atom is 0.335 e. The number of halogens is 1. The summed E-state index contributed by atoms with van der Waals surface area (Å²) in [6.45, 7) is 0. The number of carboxylic acids is 1. The third-order valence-electron chi connectivity index (χ3n) is 3.25. The number of carboxylic acid groups (broad SMARTS) is 1. The molecule has 0 spiro atoms. The van der Waals surface area contributed by atoms with Crippen LogP contribution in [0.3, 0.4) is 0 Å². The summed E-state index contributed by atoms with van der Waals surface area (Å²) in [5, 5.41) is 22.8. The van der Waals surface area contributed by atoms with Gasteiger partial charge in [0.05, 0.1) is 16.9 Å². The number of benzene rings is 2. The van der Waals surface area contributed by atoms with Crippen LogP contribution in [-0.4, -0.2) is 31.0 Å². The Morgan fingerprint density at radius 3 is 2.58 bits per heavy atom. The predicted molar refractivity (Wildman–Crippen MR) is 92.7 cm³/mol. The van der Waals surface area contributed by atoms with Crippen LogP contribution >= 0.6 is 21.5 Å². The number of hydrogen-bond donors (Lipinski definition) is 2. The Kier molecular flexibility index (Phi) is 4.62. The van der Waals surface area contributed by atoms with E-state index >= 15 is 0 Å². The predicted octanol–water partition coefficient (Wildman–Crippen LogP) is 3.06. The van der Waals surface area contributed by atoms with Crippen molar-refractivity contribution in [2.75, 3.05) is 3.28 Å². The molecule has 0 amide bonds. The van der Waals surface area contributed by atoms with Gasteiger partial charge in [0.25, 0.3) is 21.5 Å². The first-order chi connectivity index (χ1) is 11.6. The van der Waals surface area contributed by atoms with Crippen LogP contribution in [0.5, 0.6) is 0 Å². The van der Waals surface area contributed by atoms with Gasteiger partial charge in [-0.25, -0.2) is 17.5 Å². The summed E-state index contributed by atoms with van der Waals surface area (Å²) < 4.78 is 13.0. The maximum absolute atomic E-state index is 11.0. The lowest BCUT2D eigenvalue weighted by molar-refractivity contribution is 0.0697. The van der Waals surface area contributed by atoms with Crippen molar-refractivity contribution in [3.63, 3.8) is 0 Å². The smallest absolute Gasteiger partial charge is 0.335 e. The molecule has 0 aliphatic carbocycles. The topological polar surface area (TPSA) is 109 Å². The molecule has 0 saturated carbocycles. The molecule has 9 heteroatoms. The Labute approximate surface area is 146 Å². The fraction of sp³-hybridized carbons (Fsp3) is 0. The monoisotopic (exact) mass is 438 g/mol. The van der Waals surface area contributed by atoms with Crippen molar-refractivity contribution in [1.29, 1.82) is 0 Å². The van der Waals surface area contributed by atoms with Crippen molar-refractivity contribution in [2.24, 2.45) is 0 Å². The summed E-state index contributed by atoms with van der Waals surface area (Å²) in [5.41, 5.74) is 1.89. The van der Waals surface area contributed by atoms with Gasteiger partial charge in [0.15, 0.2) is 5.82 Å². The molecule has 0 aliphatic heterocycles. The normalized spacial score (nSPS) is 10.5. The lowest BCUT2D eigenvalue weighted by Crippen LogP contribution is -2.02. The molecule has 3 rings (SSSR count). The zero-order chi connectivity index (χ0) is 17.1. The number of aromatic nitrogens is 3. The minimum absolute atomic E-state index is 0.164. The maximum atomic E-state index is 11.0. The number of carbonyl (C=O) groups is 1. The van der Waals surface area contributed by atoms with Gasteiger partial charge in [0.1, 0.15) is 6.33 Å². The fourth-order valence-corrected chi connectivity index (χ4v) is 2.63. The Hall–Kier alpha value is -2.66. The first-order valence-corrected chi connectivity index (χ1v) is 8.55. The number of hydrogen-bond acceptors (Lipinski definition) is 5. The summed E-state index contributed by atoms with van der Waals surface area (Å²) >= 11 is -1.68. The molecule has 0 atom stereocenters. The van der Waals surface area contributed by atoms with Gasteiger partial charge < -0.3 is 5.11 Å². The standard InChI is InChI=1S/C15H11IN4O4/c21-15(22)11-3-1-2-10(8-11)14-17-9-19(18-14)12-4-6-13(7-5-12)20(24)16-23/h1-9,24H,(H,21,22). The first-order valence-electron chi connectivity index (χ1n) is 6.70. The summed E-state index contributed by atoms with van der Waals surface area (Å²) in [6.07, 6.45) is 1.51. The van der Waals surface area contributed by atoms with Gasteiger partial charge in [-0.1, -0.05) is 12.1 Å². The molecule has 3 aromatic rings. The van der Waals surface area contributed by atoms with Gasteiger partial charge in [-0.2, -0.15) is 3.28 Å². The molecule has 0 fully saturated rings. The van der Waals surface area contributed by atoms with Crippen LogP contribution in [-0.2, 0) is 3.07 Å². The van der Waals surface area contributed by atoms with E-state index in [1.165, 1.54) is 23.1 Å². The fourth-order valence-electron chi connectivity index (χ4n) is 2.08. The van der Waals surface area contributed by atoms with Crippen molar-refractivity contribution < 1.29 is 18.2 Å². The van der Waals surface area contributed by atoms with Gasteiger partial charge in [-0.3, -0.25) is 5.21 Å². The van der Waals surface area contributed by atoms with E-state index in [1.54, 1.807) is 36.4 Å². The second-order valence-corrected chi connectivity index (χ2v) is 6.05. The molecule has 1 aromatic heterocycles. The van der Waals surface area contributed by atoms with Crippen molar-refractivity contribution in [3.05, 3.63) is 60.4 Å². The molecular weight excluding hydrogens is 427 g/mol. The van der Waals surface area contributed by atoms with Crippen molar-refractivity contribution in [2.45, 2.75) is 0 Å². The van der Waals surface area contributed by atoms with Crippen LogP contribution in [0.1, 0.15) is 10.4 Å². The van der Waals surface area contributed by atoms with E-state index in [-0.39, 0.29) is 5.56 Å². The van der Waals surface area contributed by atoms with Crippen molar-refractivity contribution in [1.82, 2.24) is 14.8 Å². The van der Waals surface area contributed by atoms with E-state index in [2.05, 4.69) is 10.1 Å². The molecule has 0 bridgehead atoms. The minimum atomic E-state index is -1.68. The van der Waals surface area contributed by atoms with Crippen LogP contribution < -0.4 is 3.28 Å². The van der Waals surface area contributed by atoms with Crippen LogP contribution in [0.4, 0.5) is 5.69 Å². The zero-order valence-electron chi connectivity index (χ0n) is 12.1. The highest BCUT2D eigenvalue weighted by molar-refractivity contribution is 14.1. The van der Waals surface area contributed by atoms with E-state index in [1.807, 2.05) is 0 Å². The van der Waals surface area contributed by atoms with Gasteiger partial charge >= 0.3 is 5.97 Å². The van der Waals surface area contributed by atoms with Crippen LogP contribution in [0.15, 0.2) is 54.9 Å². The van der Waals surface area contributed by atoms with Crippen molar-refractivity contribution >= 4 is 33.1 Å². The zero-order valence-corrected chi connectivity index (χ0v) is 14.2. The summed E-state index contributed by atoms with van der Waals surface area (Å²) in [6, 6.07) is 13.0. The highest BCUT2D eigenvalue weighted by atomic mass is 127. The highest BCUT2D eigenvalue weighted by Crippen LogP contribution is 2.21. The number of nitrogens with zero attached hydrogens (tertiary/aromatic N) is 4. The third-order valence-corrected chi connectivity index (χ3v) is 4.18. The van der Waals surface area contributed by atoms with Crippen LogP contribution in [0, 0.1) is 0 Å². The Morgan fingerprint density at radius 2 is 1.92 bits per heavy atom. The Balaban J connectivity index is 1.89. The molecule has 24 heavy (non-hydrogen) atoms. The van der Waals surface area contributed by atoms with Gasteiger partial charge in [-0.15, -0.1) is 5.10 Å². The minimum Gasteiger partial charge on any atom is -0.478 e. The number of rotatable bonds is 5. The first kappa shape index (κ1) is 16.2. The SMILES string of the molecule is O=IN(O)c1ccc(-n2cnc(-c3cccc(C(=O)O)c3)n2)cc1. The Morgan fingerprint density at radius 1 is 1.17 bits per heavy atom. The molecular formula is C15H11IN4O4. The molecule has 2 aromatic carbocycles. The molecule has 0 aliphatic rings. The Bertz CT molecular complexity index is 894. The molecule has 8 nitrogen and oxygen atoms in total. The second-order valence-electron chi connectivity index (χ2n) is 4.74. The van der Waals surface area contributed by atoms with E-state index in [4.69, 9.17) is 5.11 Å². The van der Waals surface area contributed by atoms with Crippen LogP contribution in [0.2, 0.25) is 0 Å². The summed E-state index contributed by atoms with van der Waals surface area (Å²) in [7, 11) is 0. The highest BCUT2D eigenvalue weighted by Gasteiger charge is 2.09. The molecule has 122 valence electrons. The van der Waals surface area contributed by atoms with E-state index in [0.717, 1.165) is 0 Å². The second kappa shape index (κ2) is 6.84. The molecule has 2 N–H and O–H groups in total. The van der Waals surface area contributed by atoms with Gasteiger partial charge in [-0.05, 0) is 36.4 Å². The number of anilines is 1. The summed E-state index contributed by atoms with van der Waals surface area (Å²) in [5.74, 6) is -0.613. The van der Waals surface area contributed by atoms with Gasteiger partial charge in [0, 0.05) is 5.56 Å².